The van der Waals surface area contributed by atoms with Crippen molar-refractivity contribution in [1.29, 1.82) is 0 Å². The van der Waals surface area contributed by atoms with Crippen LogP contribution >= 0.6 is 0 Å². The van der Waals surface area contributed by atoms with Crippen LogP contribution in [-0.2, 0) is 23.9 Å². The Bertz CT molecular complexity index is 657. The number of ether oxygens (including phenoxy) is 2. The molecule has 3 fully saturated rings. The Labute approximate surface area is 199 Å². The lowest BCUT2D eigenvalue weighted by molar-refractivity contribution is -0.235. The molecule has 0 aromatic heterocycles. The van der Waals surface area contributed by atoms with Crippen LogP contribution in [0.5, 0.6) is 0 Å². The molecule has 7 unspecified atom stereocenters. The van der Waals surface area contributed by atoms with Gasteiger partial charge in [0, 0.05) is 24.7 Å². The summed E-state index contributed by atoms with van der Waals surface area (Å²) in [6.45, 7) is 16.0. The van der Waals surface area contributed by atoms with Crippen LogP contribution < -0.4 is 0 Å². The Kier molecular flexibility index (Phi) is 11.5. The summed E-state index contributed by atoms with van der Waals surface area (Å²) in [5.41, 5.74) is 0. The smallest absolute Gasteiger partial charge is 0.337 e. The van der Waals surface area contributed by atoms with Crippen LogP contribution in [0.1, 0.15) is 93.9 Å². The van der Waals surface area contributed by atoms with E-state index in [1.165, 1.54) is 19.8 Å². The molecule has 1 spiro atoms. The molecule has 33 heavy (non-hydrogen) atoms. The van der Waals surface area contributed by atoms with Gasteiger partial charge in [-0.25, -0.2) is 9.59 Å². The van der Waals surface area contributed by atoms with Crippen molar-refractivity contribution in [2.24, 2.45) is 35.5 Å². The van der Waals surface area contributed by atoms with E-state index in [0.717, 1.165) is 25.7 Å². The molecule has 1 aliphatic heterocycles. The van der Waals surface area contributed by atoms with Crippen molar-refractivity contribution < 1.29 is 34.1 Å². The molecule has 2 N–H and O–H groups in total. The Hall–Kier alpha value is -1.47. The van der Waals surface area contributed by atoms with Gasteiger partial charge in [0.1, 0.15) is 11.9 Å². The second kappa shape index (κ2) is 12.8. The number of hydrogen-bond acceptors (Lipinski definition) is 6. The molecule has 7 nitrogen and oxygen atoms in total. The standard InChI is InChI=1S/C13H22O3.C10H18O.C3H6O3/c1-8(2)11-6-5-9(3)7-13(11)15-10(4)12(14)16-13;1-7(2)9-5-4-8(3)6-10(9)11;1-2(4)3(5)6/h8-11H,5-7H2,1-4H3;7-9H,4-6H2,1-3H3;2,4H,1H3,(H,5,6). The number of Topliss-reactive ketones (excluding diaryl/α,β-unsaturated/α-hetero) is 1. The van der Waals surface area contributed by atoms with E-state index < -0.39 is 24.0 Å². The van der Waals surface area contributed by atoms with E-state index in [-0.39, 0.29) is 5.97 Å². The molecule has 2 saturated carbocycles. The first-order chi connectivity index (χ1) is 15.2. The number of carboxylic acids is 1. The molecule has 3 rings (SSSR count). The van der Waals surface area contributed by atoms with Gasteiger partial charge >= 0.3 is 11.9 Å². The van der Waals surface area contributed by atoms with Crippen molar-refractivity contribution in [2.75, 3.05) is 0 Å². The third-order valence-electron chi connectivity index (χ3n) is 7.05. The van der Waals surface area contributed by atoms with E-state index in [2.05, 4.69) is 41.5 Å². The largest absolute Gasteiger partial charge is 0.479 e. The first kappa shape index (κ1) is 29.6. The lowest BCUT2D eigenvalue weighted by Gasteiger charge is -2.43. The van der Waals surface area contributed by atoms with Crippen molar-refractivity contribution in [3.63, 3.8) is 0 Å². The summed E-state index contributed by atoms with van der Waals surface area (Å²) in [5, 5.41) is 15.8. The molecule has 7 atom stereocenters. The Morgan fingerprint density at radius 2 is 1.48 bits per heavy atom. The predicted molar refractivity (Wildman–Crippen MR) is 126 cm³/mol. The molecule has 0 amide bonds. The van der Waals surface area contributed by atoms with Gasteiger partial charge in [0.25, 0.3) is 0 Å². The summed E-state index contributed by atoms with van der Waals surface area (Å²) in [6.07, 6.45) is 4.72. The molecule has 2 aliphatic carbocycles. The maximum Gasteiger partial charge on any atom is 0.337 e. The molecule has 0 aromatic carbocycles. The number of esters is 1. The van der Waals surface area contributed by atoms with Crippen LogP contribution in [-0.4, -0.2) is 45.9 Å². The highest BCUT2D eigenvalue weighted by Crippen LogP contribution is 2.47. The number of carbonyl (C=O) groups is 3. The lowest BCUT2D eigenvalue weighted by Crippen LogP contribution is -2.46. The molecular formula is C26H46O7. The van der Waals surface area contributed by atoms with E-state index in [9.17, 15) is 14.4 Å². The lowest BCUT2D eigenvalue weighted by atomic mass is 9.73. The van der Waals surface area contributed by atoms with Crippen molar-refractivity contribution in [3.05, 3.63) is 0 Å². The van der Waals surface area contributed by atoms with E-state index in [1.54, 1.807) is 6.92 Å². The third kappa shape index (κ3) is 8.67. The highest BCUT2D eigenvalue weighted by atomic mass is 16.8. The number of rotatable bonds is 3. The number of hydrogen-bond donors (Lipinski definition) is 2. The molecule has 0 aromatic rings. The van der Waals surface area contributed by atoms with Crippen LogP contribution in [0.4, 0.5) is 0 Å². The van der Waals surface area contributed by atoms with Crippen LogP contribution in [0.3, 0.4) is 0 Å². The quantitative estimate of drug-likeness (QED) is 0.568. The molecule has 192 valence electrons. The van der Waals surface area contributed by atoms with Gasteiger partial charge in [-0.2, -0.15) is 0 Å². The fourth-order valence-corrected chi connectivity index (χ4v) is 5.07. The van der Waals surface area contributed by atoms with Crippen molar-refractivity contribution in [3.8, 4) is 0 Å². The number of aliphatic hydroxyl groups is 1. The fraction of sp³-hybridized carbons (Fsp3) is 0.885. The summed E-state index contributed by atoms with van der Waals surface area (Å²) < 4.78 is 11.5. The van der Waals surface area contributed by atoms with Crippen LogP contribution in [0.25, 0.3) is 0 Å². The minimum absolute atomic E-state index is 0.195. The number of aliphatic carboxylic acids is 1. The molecule has 0 radical (unpaired) electrons. The highest BCUT2D eigenvalue weighted by Gasteiger charge is 2.54. The first-order valence-corrected chi connectivity index (χ1v) is 12.5. The number of carboxylic acid groups (broad SMARTS) is 1. The number of aliphatic hydroxyl groups excluding tert-OH is 1. The zero-order chi connectivity index (χ0) is 25.5. The first-order valence-electron chi connectivity index (χ1n) is 12.5. The second-order valence-corrected chi connectivity index (χ2v) is 10.9. The summed E-state index contributed by atoms with van der Waals surface area (Å²) in [6, 6.07) is 0. The van der Waals surface area contributed by atoms with Crippen LogP contribution in [0.15, 0.2) is 0 Å². The van der Waals surface area contributed by atoms with E-state index >= 15 is 0 Å². The van der Waals surface area contributed by atoms with E-state index in [4.69, 9.17) is 19.7 Å². The zero-order valence-electron chi connectivity index (χ0n) is 21.8. The maximum absolute atomic E-state index is 11.6. The number of ketones is 1. The average Bonchev–Trinajstić information content (AvgIpc) is 2.95. The SMILES string of the molecule is CC(O)C(=O)O.CC1CCC(C(C)C)C(=O)C1.CC1CCC(C(C)C)C2(C1)OC(=O)C(C)O2. The van der Waals surface area contributed by atoms with Gasteiger partial charge in [-0.15, -0.1) is 0 Å². The zero-order valence-corrected chi connectivity index (χ0v) is 21.8. The van der Waals surface area contributed by atoms with Gasteiger partial charge < -0.3 is 19.7 Å². The Balaban J connectivity index is 0.000000278. The van der Waals surface area contributed by atoms with Crippen molar-refractivity contribution in [1.82, 2.24) is 0 Å². The molecule has 0 bridgehead atoms. The summed E-state index contributed by atoms with van der Waals surface area (Å²) >= 11 is 0. The number of carbonyl (C=O) groups excluding carboxylic acids is 2. The van der Waals surface area contributed by atoms with Gasteiger partial charge in [0.05, 0.1) is 0 Å². The molecule has 3 aliphatic rings. The van der Waals surface area contributed by atoms with E-state index in [0.29, 0.717) is 41.3 Å². The van der Waals surface area contributed by atoms with Gasteiger partial charge in [0.15, 0.2) is 6.10 Å². The fourth-order valence-electron chi connectivity index (χ4n) is 5.07. The van der Waals surface area contributed by atoms with Gasteiger partial charge in [-0.3, -0.25) is 4.79 Å². The average molecular weight is 471 g/mol. The monoisotopic (exact) mass is 470 g/mol. The highest BCUT2D eigenvalue weighted by molar-refractivity contribution is 5.82. The molecule has 7 heteroatoms. The van der Waals surface area contributed by atoms with Gasteiger partial charge in [0.2, 0.25) is 5.79 Å². The van der Waals surface area contributed by atoms with Crippen LogP contribution in [0, 0.1) is 35.5 Å². The van der Waals surface area contributed by atoms with Crippen LogP contribution in [0.2, 0.25) is 0 Å². The minimum Gasteiger partial charge on any atom is -0.479 e. The molecule has 1 saturated heterocycles. The summed E-state index contributed by atoms with van der Waals surface area (Å²) in [4.78, 5) is 32.5. The second-order valence-electron chi connectivity index (χ2n) is 10.9. The summed E-state index contributed by atoms with van der Waals surface area (Å²) in [5.74, 6) is 1.46. The Morgan fingerprint density at radius 3 is 1.88 bits per heavy atom. The van der Waals surface area contributed by atoms with Crippen molar-refractivity contribution in [2.45, 2.75) is 112 Å². The third-order valence-corrected chi connectivity index (χ3v) is 7.05. The molecular weight excluding hydrogens is 424 g/mol. The van der Waals surface area contributed by atoms with Gasteiger partial charge in [-0.05, 0) is 63.2 Å². The van der Waals surface area contributed by atoms with E-state index in [1.807, 2.05) is 0 Å². The normalized spacial score (nSPS) is 34.8. The molecule has 1 heterocycles. The minimum atomic E-state index is -1.23. The Morgan fingerprint density at radius 1 is 0.939 bits per heavy atom. The topological polar surface area (TPSA) is 110 Å². The van der Waals surface area contributed by atoms with Crippen molar-refractivity contribution >= 4 is 17.7 Å². The maximum atomic E-state index is 11.6. The van der Waals surface area contributed by atoms with Gasteiger partial charge in [-0.1, -0.05) is 41.5 Å². The predicted octanol–water partition coefficient (Wildman–Crippen LogP) is 4.84. The summed E-state index contributed by atoms with van der Waals surface area (Å²) in [7, 11) is 0.